The van der Waals surface area contributed by atoms with Crippen molar-refractivity contribution in [2.75, 3.05) is 23.3 Å². The molecule has 2 N–H and O–H groups in total. The summed E-state index contributed by atoms with van der Waals surface area (Å²) >= 11 is 3.55. The second-order valence-corrected chi connectivity index (χ2v) is 9.89. The minimum atomic E-state index is 0.261. The molecule has 166 valence electrons. The fourth-order valence-electron chi connectivity index (χ4n) is 5.36. The lowest BCUT2D eigenvalue weighted by Gasteiger charge is -2.15. The minimum absolute atomic E-state index is 0.261. The molecule has 0 radical (unpaired) electrons. The molecule has 1 saturated heterocycles. The Morgan fingerprint density at radius 3 is 2.82 bits per heavy atom. The number of halogens is 1. The summed E-state index contributed by atoms with van der Waals surface area (Å²) in [5.41, 5.74) is 4.39. The predicted molar refractivity (Wildman–Crippen MR) is 123 cm³/mol. The monoisotopic (exact) mass is 505 g/mol. The Bertz CT molecular complexity index is 1310. The highest BCUT2D eigenvalue weighted by Crippen LogP contribution is 2.58. The molecule has 33 heavy (non-hydrogen) atoms. The fraction of sp³-hybridized carbons (Fsp3) is 0.364. The van der Waals surface area contributed by atoms with E-state index in [9.17, 15) is 0 Å². The number of fused-ring (bicyclic) bond motifs is 2. The zero-order valence-corrected chi connectivity index (χ0v) is 19.1. The Morgan fingerprint density at radius 1 is 1.09 bits per heavy atom. The Hall–Kier alpha value is -3.34. The van der Waals surface area contributed by atoms with Gasteiger partial charge < -0.3 is 14.6 Å². The van der Waals surface area contributed by atoms with Crippen LogP contribution in [0.1, 0.15) is 22.7 Å². The second-order valence-electron chi connectivity index (χ2n) is 8.97. The number of nitrogens with zero attached hydrogens (tertiary/aromatic N) is 7. The molecule has 1 aliphatic heterocycles. The van der Waals surface area contributed by atoms with E-state index in [1.54, 1.807) is 12.3 Å². The first kappa shape index (κ1) is 19.2. The maximum Gasteiger partial charge on any atom is 0.318 e. The highest BCUT2D eigenvalue weighted by Gasteiger charge is 2.58. The summed E-state index contributed by atoms with van der Waals surface area (Å²) in [5.74, 6) is 2.60. The minimum Gasteiger partial charge on any atom is -0.402 e. The molecule has 2 aliphatic carbocycles. The van der Waals surface area contributed by atoms with Gasteiger partial charge in [0.05, 0.1) is 11.9 Å². The van der Waals surface area contributed by atoms with Gasteiger partial charge in [-0.25, -0.2) is 9.97 Å². The summed E-state index contributed by atoms with van der Waals surface area (Å²) in [6, 6.07) is 9.05. The molecule has 4 heterocycles. The van der Waals surface area contributed by atoms with Crippen LogP contribution >= 0.6 is 15.9 Å². The molecule has 7 rings (SSSR count). The van der Waals surface area contributed by atoms with E-state index in [1.165, 1.54) is 11.1 Å². The number of aromatic nitrogens is 7. The quantitative estimate of drug-likeness (QED) is 0.421. The summed E-state index contributed by atoms with van der Waals surface area (Å²) in [6.07, 6.45) is 5.44. The van der Waals surface area contributed by atoms with Crippen molar-refractivity contribution >= 4 is 27.9 Å². The Morgan fingerprint density at radius 2 is 1.97 bits per heavy atom. The van der Waals surface area contributed by atoms with Gasteiger partial charge in [0, 0.05) is 35.7 Å². The van der Waals surface area contributed by atoms with Crippen LogP contribution in [-0.4, -0.2) is 54.7 Å². The summed E-state index contributed by atoms with van der Waals surface area (Å²) in [4.78, 5) is 11.2. The molecular weight excluding hydrogens is 486 g/mol. The van der Waals surface area contributed by atoms with Crippen LogP contribution in [0.3, 0.4) is 0 Å². The van der Waals surface area contributed by atoms with Crippen LogP contribution < -0.4 is 10.2 Å². The van der Waals surface area contributed by atoms with E-state index in [-0.39, 0.29) is 6.04 Å². The number of aromatic amines is 1. The van der Waals surface area contributed by atoms with Gasteiger partial charge in [-0.1, -0.05) is 27.1 Å². The van der Waals surface area contributed by atoms with Gasteiger partial charge in [0.2, 0.25) is 5.95 Å². The zero-order chi connectivity index (χ0) is 21.9. The molecule has 4 aromatic rings. The number of benzene rings is 1. The zero-order valence-electron chi connectivity index (χ0n) is 17.5. The van der Waals surface area contributed by atoms with Crippen molar-refractivity contribution in [3.63, 3.8) is 0 Å². The van der Waals surface area contributed by atoms with Crippen LogP contribution in [0.15, 0.2) is 45.5 Å². The number of hydrogen-bond acceptors (Lipinski definition) is 9. The van der Waals surface area contributed by atoms with Gasteiger partial charge in [-0.15, -0.1) is 5.10 Å². The molecule has 2 fully saturated rings. The second kappa shape index (κ2) is 7.34. The fourth-order valence-corrected chi connectivity index (χ4v) is 5.77. The lowest BCUT2D eigenvalue weighted by atomic mass is 10.1. The van der Waals surface area contributed by atoms with Gasteiger partial charge in [-0.2, -0.15) is 15.4 Å². The molecule has 0 bridgehead atoms. The van der Waals surface area contributed by atoms with Crippen molar-refractivity contribution < 1.29 is 4.42 Å². The third-order valence-electron chi connectivity index (χ3n) is 6.96. The average Bonchev–Trinajstić information content (AvgIpc) is 3.44. The van der Waals surface area contributed by atoms with Crippen molar-refractivity contribution in [2.45, 2.75) is 24.8 Å². The molecule has 1 saturated carbocycles. The Balaban J connectivity index is 1.02. The first-order chi connectivity index (χ1) is 16.2. The third-order valence-corrected chi connectivity index (χ3v) is 7.46. The highest BCUT2D eigenvalue weighted by molar-refractivity contribution is 9.10. The van der Waals surface area contributed by atoms with E-state index in [0.717, 1.165) is 36.1 Å². The van der Waals surface area contributed by atoms with Gasteiger partial charge >= 0.3 is 6.01 Å². The molecule has 3 aliphatic rings. The van der Waals surface area contributed by atoms with Gasteiger partial charge in [0.15, 0.2) is 0 Å². The number of anilines is 2. The maximum atomic E-state index is 5.98. The topological polar surface area (TPSA) is 122 Å². The van der Waals surface area contributed by atoms with E-state index in [4.69, 9.17) is 4.42 Å². The van der Waals surface area contributed by atoms with Gasteiger partial charge in [-0.05, 0) is 54.0 Å². The van der Waals surface area contributed by atoms with Crippen molar-refractivity contribution in [3.8, 4) is 11.6 Å². The lowest BCUT2D eigenvalue weighted by Crippen LogP contribution is -2.23. The molecular formula is C22H20BrN9O. The summed E-state index contributed by atoms with van der Waals surface area (Å²) in [6.45, 7) is 1.78. The van der Waals surface area contributed by atoms with Gasteiger partial charge in [0.25, 0.3) is 5.89 Å². The first-order valence-corrected chi connectivity index (χ1v) is 11.8. The smallest absolute Gasteiger partial charge is 0.318 e. The van der Waals surface area contributed by atoms with E-state index in [2.05, 4.69) is 79.9 Å². The van der Waals surface area contributed by atoms with Gasteiger partial charge in [-0.3, -0.25) is 0 Å². The van der Waals surface area contributed by atoms with Crippen LogP contribution in [-0.2, 0) is 12.8 Å². The van der Waals surface area contributed by atoms with Crippen LogP contribution in [0.4, 0.5) is 12.0 Å². The molecule has 10 nitrogen and oxygen atoms in total. The van der Waals surface area contributed by atoms with Crippen LogP contribution in [0.25, 0.3) is 11.6 Å². The number of hydrogen-bond donors (Lipinski definition) is 2. The average molecular weight is 506 g/mol. The number of nitrogens with one attached hydrogen (secondary N) is 2. The van der Waals surface area contributed by atoms with Crippen LogP contribution in [0.2, 0.25) is 0 Å². The number of piperidine rings is 1. The van der Waals surface area contributed by atoms with Gasteiger partial charge in [0.1, 0.15) is 5.69 Å². The molecule has 3 aromatic heterocycles. The van der Waals surface area contributed by atoms with Crippen molar-refractivity contribution in [1.29, 1.82) is 0 Å². The molecule has 0 spiro atoms. The molecule has 11 heteroatoms. The highest BCUT2D eigenvalue weighted by atomic mass is 79.9. The van der Waals surface area contributed by atoms with E-state index in [0.29, 0.717) is 41.3 Å². The Kier molecular flexibility index (Phi) is 4.26. The molecule has 1 aromatic carbocycles. The summed E-state index contributed by atoms with van der Waals surface area (Å²) < 4.78 is 7.09. The Labute approximate surface area is 197 Å². The number of H-pyrrole nitrogens is 1. The predicted octanol–water partition coefficient (Wildman–Crippen LogP) is 2.84. The van der Waals surface area contributed by atoms with Crippen LogP contribution in [0, 0.1) is 11.8 Å². The normalized spacial score (nSPS) is 25.2. The van der Waals surface area contributed by atoms with E-state index < -0.39 is 0 Å². The molecule has 3 unspecified atom stereocenters. The first-order valence-electron chi connectivity index (χ1n) is 11.0. The standard InChI is InChI=1S/C22H20BrN9O/c23-13-2-1-11-6-14(7-12(11)5-13)26-21-24-4-3-17(27-21)20-29-30-22(33-20)32-9-15-16(10-32)19(15)18-8-25-31-28-18/h1-5,8,14-16,19H,6-7,9-10H2,(H,24,26,27)(H,25,28,31). The number of rotatable bonds is 5. The SMILES string of the molecule is Brc1ccc2c(c1)CC(Nc1nccc(-c3nnc(N4CC5C(C4)C5c4cn[nH]n4)o3)n1)C2. The van der Waals surface area contributed by atoms with Crippen molar-refractivity contribution in [3.05, 3.63) is 58.0 Å². The van der Waals surface area contributed by atoms with Crippen molar-refractivity contribution in [2.24, 2.45) is 11.8 Å². The van der Waals surface area contributed by atoms with E-state index >= 15 is 0 Å². The lowest BCUT2D eigenvalue weighted by molar-refractivity contribution is 0.542. The van der Waals surface area contributed by atoms with Crippen molar-refractivity contribution in [1.82, 2.24) is 35.6 Å². The largest absolute Gasteiger partial charge is 0.402 e. The summed E-state index contributed by atoms with van der Waals surface area (Å²) in [7, 11) is 0. The van der Waals surface area contributed by atoms with E-state index in [1.807, 2.05) is 6.20 Å². The molecule has 3 atom stereocenters. The van der Waals surface area contributed by atoms with Crippen LogP contribution in [0.5, 0.6) is 0 Å². The maximum absolute atomic E-state index is 5.98. The third kappa shape index (κ3) is 3.38. The molecule has 0 amide bonds. The summed E-state index contributed by atoms with van der Waals surface area (Å²) in [5, 5.41) is 22.8.